The molecule has 1 aromatic carbocycles. The Labute approximate surface area is 119 Å². The van der Waals surface area contributed by atoms with E-state index in [1.54, 1.807) is 19.2 Å². The van der Waals surface area contributed by atoms with E-state index in [2.05, 4.69) is 15.6 Å². The summed E-state index contributed by atoms with van der Waals surface area (Å²) in [5.74, 6) is 0.487. The second-order valence-electron chi connectivity index (χ2n) is 4.87. The van der Waals surface area contributed by atoms with Crippen LogP contribution >= 0.6 is 0 Å². The molecule has 2 rings (SSSR count). The largest absolute Gasteiger partial charge is 0.378 e. The summed E-state index contributed by atoms with van der Waals surface area (Å²) in [5, 5.41) is 6.33. The van der Waals surface area contributed by atoms with Crippen LogP contribution in [0.2, 0.25) is 0 Å². The van der Waals surface area contributed by atoms with E-state index in [0.717, 1.165) is 32.4 Å². The van der Waals surface area contributed by atoms with E-state index in [1.807, 2.05) is 6.07 Å². The van der Waals surface area contributed by atoms with Gasteiger partial charge in [0.1, 0.15) is 5.82 Å². The minimum atomic E-state index is -0.199. The maximum absolute atomic E-state index is 13.5. The minimum absolute atomic E-state index is 0.199. The number of hydrogen-bond acceptors (Lipinski definition) is 2. The van der Waals surface area contributed by atoms with Crippen molar-refractivity contribution in [2.75, 3.05) is 20.2 Å². The molecule has 4 nitrogen and oxygen atoms in total. The molecule has 1 saturated heterocycles. The van der Waals surface area contributed by atoms with Crippen molar-refractivity contribution in [1.29, 1.82) is 0 Å². The van der Waals surface area contributed by atoms with Crippen molar-refractivity contribution >= 4 is 5.96 Å². The normalized spacial score (nSPS) is 19.1. The summed E-state index contributed by atoms with van der Waals surface area (Å²) in [6.07, 6.45) is 3.64. The number of nitrogens with zero attached hydrogens (tertiary/aromatic N) is 1. The fourth-order valence-electron chi connectivity index (χ4n) is 2.26. The van der Waals surface area contributed by atoms with Crippen LogP contribution in [0.3, 0.4) is 0 Å². The summed E-state index contributed by atoms with van der Waals surface area (Å²) >= 11 is 0. The van der Waals surface area contributed by atoms with Gasteiger partial charge in [0, 0.05) is 32.3 Å². The molecular formula is C15H22FN3O. The summed E-state index contributed by atoms with van der Waals surface area (Å²) in [5.41, 5.74) is 0.634. The highest BCUT2D eigenvalue weighted by molar-refractivity contribution is 5.79. The number of aliphatic imine (C=N–C) groups is 1. The summed E-state index contributed by atoms with van der Waals surface area (Å²) < 4.78 is 19.0. The van der Waals surface area contributed by atoms with E-state index >= 15 is 0 Å². The van der Waals surface area contributed by atoms with Gasteiger partial charge in [-0.05, 0) is 25.3 Å². The molecular weight excluding hydrogens is 257 g/mol. The number of hydrogen-bond donors (Lipinski definition) is 2. The van der Waals surface area contributed by atoms with Crippen molar-refractivity contribution in [2.24, 2.45) is 4.99 Å². The van der Waals surface area contributed by atoms with E-state index in [0.29, 0.717) is 24.2 Å². The summed E-state index contributed by atoms with van der Waals surface area (Å²) in [6, 6.07) is 6.74. The molecule has 5 heteroatoms. The lowest BCUT2D eigenvalue weighted by atomic mass is 10.2. The zero-order chi connectivity index (χ0) is 14.2. The van der Waals surface area contributed by atoms with E-state index in [9.17, 15) is 4.39 Å². The Balaban J connectivity index is 1.71. The van der Waals surface area contributed by atoms with Crippen LogP contribution in [0, 0.1) is 5.82 Å². The van der Waals surface area contributed by atoms with Gasteiger partial charge in [-0.2, -0.15) is 0 Å². The fourth-order valence-corrected chi connectivity index (χ4v) is 2.26. The van der Waals surface area contributed by atoms with Gasteiger partial charge in [-0.25, -0.2) is 4.39 Å². The van der Waals surface area contributed by atoms with Crippen LogP contribution in [-0.2, 0) is 11.3 Å². The number of ether oxygens (including phenoxy) is 1. The van der Waals surface area contributed by atoms with E-state index in [4.69, 9.17) is 4.74 Å². The number of benzene rings is 1. The van der Waals surface area contributed by atoms with Gasteiger partial charge in [0.25, 0.3) is 0 Å². The molecule has 0 bridgehead atoms. The third-order valence-corrected chi connectivity index (χ3v) is 3.41. The molecule has 0 spiro atoms. The summed E-state index contributed by atoms with van der Waals surface area (Å²) in [4.78, 5) is 4.13. The van der Waals surface area contributed by atoms with Gasteiger partial charge in [0.05, 0.1) is 6.10 Å². The van der Waals surface area contributed by atoms with Gasteiger partial charge in [-0.15, -0.1) is 0 Å². The molecule has 0 radical (unpaired) electrons. The minimum Gasteiger partial charge on any atom is -0.378 e. The lowest BCUT2D eigenvalue weighted by Crippen LogP contribution is -2.38. The van der Waals surface area contributed by atoms with Gasteiger partial charge in [-0.3, -0.25) is 4.99 Å². The average Bonchev–Trinajstić information content (AvgIpc) is 2.97. The van der Waals surface area contributed by atoms with Gasteiger partial charge in [0.15, 0.2) is 5.96 Å². The molecule has 0 amide bonds. The highest BCUT2D eigenvalue weighted by atomic mass is 19.1. The molecule has 1 aliphatic rings. The first-order valence-electron chi connectivity index (χ1n) is 7.09. The molecule has 1 fully saturated rings. The Morgan fingerprint density at radius 3 is 2.95 bits per heavy atom. The lowest BCUT2D eigenvalue weighted by Gasteiger charge is -2.14. The molecule has 1 aromatic rings. The number of guanidine groups is 1. The van der Waals surface area contributed by atoms with Crippen LogP contribution in [0.15, 0.2) is 29.3 Å². The van der Waals surface area contributed by atoms with E-state index < -0.39 is 0 Å². The van der Waals surface area contributed by atoms with Crippen molar-refractivity contribution in [3.05, 3.63) is 35.6 Å². The van der Waals surface area contributed by atoms with Gasteiger partial charge in [0.2, 0.25) is 0 Å². The Morgan fingerprint density at radius 1 is 1.40 bits per heavy atom. The molecule has 1 atom stereocenters. The first-order chi connectivity index (χ1) is 9.79. The Morgan fingerprint density at radius 2 is 2.25 bits per heavy atom. The number of nitrogens with one attached hydrogen (secondary N) is 2. The van der Waals surface area contributed by atoms with E-state index in [-0.39, 0.29) is 5.82 Å². The summed E-state index contributed by atoms with van der Waals surface area (Å²) in [6.45, 7) is 2.11. The van der Waals surface area contributed by atoms with Crippen LogP contribution in [-0.4, -0.2) is 32.3 Å². The highest BCUT2D eigenvalue weighted by Gasteiger charge is 2.14. The fraction of sp³-hybridized carbons (Fsp3) is 0.533. The zero-order valence-electron chi connectivity index (χ0n) is 11.9. The number of rotatable bonds is 5. The molecule has 110 valence electrons. The standard InChI is InChI=1S/C15H22FN3O/c1-17-15(18-9-8-13-6-4-10-20-13)19-11-12-5-2-3-7-14(12)16/h2-3,5,7,13H,4,6,8-11H2,1H3,(H2,17,18,19). The molecule has 1 unspecified atom stereocenters. The third-order valence-electron chi connectivity index (χ3n) is 3.41. The van der Waals surface area contributed by atoms with Crippen molar-refractivity contribution in [2.45, 2.75) is 31.9 Å². The van der Waals surface area contributed by atoms with Crippen molar-refractivity contribution < 1.29 is 9.13 Å². The van der Waals surface area contributed by atoms with Gasteiger partial charge >= 0.3 is 0 Å². The highest BCUT2D eigenvalue weighted by Crippen LogP contribution is 2.14. The Bertz CT molecular complexity index is 444. The van der Waals surface area contributed by atoms with Crippen LogP contribution in [0.1, 0.15) is 24.8 Å². The Hall–Kier alpha value is -1.62. The second-order valence-corrected chi connectivity index (χ2v) is 4.87. The van der Waals surface area contributed by atoms with Crippen molar-refractivity contribution in [3.8, 4) is 0 Å². The molecule has 2 N–H and O–H groups in total. The predicted molar refractivity (Wildman–Crippen MR) is 78.2 cm³/mol. The predicted octanol–water partition coefficient (Wildman–Crippen LogP) is 2.06. The first kappa shape index (κ1) is 14.8. The monoisotopic (exact) mass is 279 g/mol. The van der Waals surface area contributed by atoms with Crippen molar-refractivity contribution in [1.82, 2.24) is 10.6 Å². The van der Waals surface area contributed by atoms with Gasteiger partial charge < -0.3 is 15.4 Å². The van der Waals surface area contributed by atoms with E-state index in [1.165, 1.54) is 6.07 Å². The van der Waals surface area contributed by atoms with Crippen LogP contribution in [0.5, 0.6) is 0 Å². The van der Waals surface area contributed by atoms with Crippen molar-refractivity contribution in [3.63, 3.8) is 0 Å². The van der Waals surface area contributed by atoms with Crippen LogP contribution < -0.4 is 10.6 Å². The SMILES string of the molecule is CN=C(NCCC1CCCO1)NCc1ccccc1F. The van der Waals surface area contributed by atoms with Crippen LogP contribution in [0.4, 0.5) is 4.39 Å². The first-order valence-corrected chi connectivity index (χ1v) is 7.09. The smallest absolute Gasteiger partial charge is 0.191 e. The second kappa shape index (κ2) is 7.85. The van der Waals surface area contributed by atoms with Crippen LogP contribution in [0.25, 0.3) is 0 Å². The Kier molecular flexibility index (Phi) is 5.80. The maximum atomic E-state index is 13.5. The molecule has 1 aliphatic heterocycles. The third kappa shape index (κ3) is 4.49. The maximum Gasteiger partial charge on any atom is 0.191 e. The average molecular weight is 279 g/mol. The molecule has 0 aliphatic carbocycles. The number of halogens is 1. The molecule has 20 heavy (non-hydrogen) atoms. The lowest BCUT2D eigenvalue weighted by molar-refractivity contribution is 0.105. The topological polar surface area (TPSA) is 45.7 Å². The van der Waals surface area contributed by atoms with Gasteiger partial charge in [-0.1, -0.05) is 18.2 Å². The summed E-state index contributed by atoms with van der Waals surface area (Å²) in [7, 11) is 1.71. The molecule has 1 heterocycles. The quantitative estimate of drug-likeness (QED) is 0.640. The molecule has 0 aromatic heterocycles. The zero-order valence-corrected chi connectivity index (χ0v) is 11.9. The molecule has 0 saturated carbocycles.